The number of rotatable bonds is 5. The van der Waals surface area contributed by atoms with E-state index >= 15 is 0 Å². The lowest BCUT2D eigenvalue weighted by atomic mass is 10.1. The third-order valence-corrected chi connectivity index (χ3v) is 5.04. The molecule has 0 spiro atoms. The normalized spacial score (nSPS) is 11.8. The van der Waals surface area contributed by atoms with Gasteiger partial charge in [0.2, 0.25) is 0 Å². The molecule has 0 aliphatic carbocycles. The first-order chi connectivity index (χ1) is 14.7. The number of hydrogen-bond acceptors (Lipinski definition) is 4. The van der Waals surface area contributed by atoms with E-state index in [0.717, 1.165) is 17.8 Å². The maximum Gasteiger partial charge on any atom is 0.416 e. The van der Waals surface area contributed by atoms with Crippen molar-refractivity contribution in [2.75, 3.05) is 0 Å². The van der Waals surface area contributed by atoms with Crippen molar-refractivity contribution < 1.29 is 13.2 Å². The van der Waals surface area contributed by atoms with Crippen LogP contribution in [0.2, 0.25) is 10.0 Å². The Labute approximate surface area is 185 Å². The highest BCUT2D eigenvalue weighted by Gasteiger charge is 2.30. The molecule has 0 bridgehead atoms. The first-order valence-electron chi connectivity index (χ1n) is 9.10. The summed E-state index contributed by atoms with van der Waals surface area (Å²) in [6.45, 7) is 0. The zero-order valence-corrected chi connectivity index (χ0v) is 17.6. The van der Waals surface area contributed by atoms with E-state index in [9.17, 15) is 13.2 Å². The number of hydrogen-bond donors (Lipinski definition) is 0. The van der Waals surface area contributed by atoms with Gasteiger partial charge >= 0.3 is 6.18 Å². The van der Waals surface area contributed by atoms with Crippen molar-refractivity contribution in [1.82, 2.24) is 29.8 Å². The first kappa shape index (κ1) is 21.3. The Kier molecular flexibility index (Phi) is 5.72. The molecular formula is C20H15Cl2F3N6. The lowest BCUT2D eigenvalue weighted by molar-refractivity contribution is -0.137. The molecule has 160 valence electrons. The van der Waals surface area contributed by atoms with Crippen LogP contribution in [0.4, 0.5) is 13.2 Å². The van der Waals surface area contributed by atoms with Gasteiger partial charge in [-0.1, -0.05) is 40.5 Å². The molecule has 0 radical (unpaired) electrons. The highest BCUT2D eigenvalue weighted by molar-refractivity contribution is 6.34. The van der Waals surface area contributed by atoms with Gasteiger partial charge in [-0.05, 0) is 35.9 Å². The van der Waals surface area contributed by atoms with Gasteiger partial charge in [0, 0.05) is 23.5 Å². The standard InChI is InChI=1S/C20H15Cl2F3N6/c1-30-17(11-26-29-30)10-19-27-18(6-12-2-4-13(5-3-12)20(23,24)25)28-31(19)16-8-14(21)7-15(22)9-16/h2-5,7-9,11H,6,10H2,1H3. The van der Waals surface area contributed by atoms with E-state index in [2.05, 4.69) is 20.4 Å². The number of halogens is 5. The number of benzene rings is 2. The van der Waals surface area contributed by atoms with Gasteiger partial charge in [-0.3, -0.25) is 4.68 Å². The lowest BCUT2D eigenvalue weighted by Gasteiger charge is -2.07. The minimum absolute atomic E-state index is 0.260. The van der Waals surface area contributed by atoms with Gasteiger partial charge in [0.25, 0.3) is 0 Å². The molecule has 0 aliphatic heterocycles. The van der Waals surface area contributed by atoms with Crippen molar-refractivity contribution in [3.63, 3.8) is 0 Å². The van der Waals surface area contributed by atoms with E-state index in [4.69, 9.17) is 23.2 Å². The molecule has 4 aromatic rings. The Morgan fingerprint density at radius 3 is 2.23 bits per heavy atom. The van der Waals surface area contributed by atoms with Crippen LogP contribution in [0.1, 0.15) is 28.5 Å². The van der Waals surface area contributed by atoms with Gasteiger partial charge in [0.15, 0.2) is 5.82 Å². The van der Waals surface area contributed by atoms with Crippen molar-refractivity contribution in [3.8, 4) is 5.69 Å². The van der Waals surface area contributed by atoms with Gasteiger partial charge in [0.1, 0.15) is 5.82 Å². The van der Waals surface area contributed by atoms with Crippen LogP contribution in [0.3, 0.4) is 0 Å². The summed E-state index contributed by atoms with van der Waals surface area (Å²) in [5.74, 6) is 1.03. The zero-order valence-electron chi connectivity index (χ0n) is 16.1. The van der Waals surface area contributed by atoms with Crippen LogP contribution < -0.4 is 0 Å². The van der Waals surface area contributed by atoms with E-state index in [0.29, 0.717) is 39.4 Å². The Bertz CT molecular complexity index is 1190. The third-order valence-electron chi connectivity index (χ3n) is 4.60. The van der Waals surface area contributed by atoms with E-state index in [-0.39, 0.29) is 6.42 Å². The Morgan fingerprint density at radius 2 is 1.65 bits per heavy atom. The number of aromatic nitrogens is 6. The molecule has 0 amide bonds. The van der Waals surface area contributed by atoms with Crippen LogP contribution in [-0.2, 0) is 26.1 Å². The SMILES string of the molecule is Cn1nncc1Cc1nc(Cc2ccc(C(F)(F)F)cc2)nn1-c1cc(Cl)cc(Cl)c1. The molecule has 0 fully saturated rings. The second kappa shape index (κ2) is 8.32. The van der Waals surface area contributed by atoms with Crippen molar-refractivity contribution in [2.45, 2.75) is 19.0 Å². The molecule has 11 heteroatoms. The molecule has 2 heterocycles. The number of alkyl halides is 3. The molecule has 2 aromatic heterocycles. The minimum atomic E-state index is -4.38. The fourth-order valence-corrected chi connectivity index (χ4v) is 3.59. The van der Waals surface area contributed by atoms with Crippen molar-refractivity contribution >= 4 is 23.2 Å². The average Bonchev–Trinajstić information content (AvgIpc) is 3.27. The van der Waals surface area contributed by atoms with Gasteiger partial charge in [-0.2, -0.15) is 18.3 Å². The second-order valence-corrected chi connectivity index (χ2v) is 7.75. The summed E-state index contributed by atoms with van der Waals surface area (Å²) in [5, 5.41) is 13.2. The van der Waals surface area contributed by atoms with E-state index in [1.165, 1.54) is 12.1 Å². The molecule has 31 heavy (non-hydrogen) atoms. The third kappa shape index (κ3) is 4.88. The fourth-order valence-electron chi connectivity index (χ4n) is 3.08. The smallest absolute Gasteiger partial charge is 0.252 e. The molecule has 6 nitrogen and oxygen atoms in total. The van der Waals surface area contributed by atoms with Crippen LogP contribution in [0.5, 0.6) is 0 Å². The summed E-state index contributed by atoms with van der Waals surface area (Å²) in [6, 6.07) is 9.95. The van der Waals surface area contributed by atoms with Crippen molar-refractivity contribution in [3.05, 3.63) is 87.2 Å². The Morgan fingerprint density at radius 1 is 0.968 bits per heavy atom. The maximum absolute atomic E-state index is 12.8. The summed E-state index contributed by atoms with van der Waals surface area (Å²) in [6.07, 6.45) is -2.11. The minimum Gasteiger partial charge on any atom is -0.252 e. The van der Waals surface area contributed by atoms with Crippen LogP contribution in [0.25, 0.3) is 5.69 Å². The highest BCUT2D eigenvalue weighted by atomic mass is 35.5. The van der Waals surface area contributed by atoms with Crippen LogP contribution in [0.15, 0.2) is 48.7 Å². The predicted octanol–water partition coefficient (Wildman–Crippen LogP) is 4.90. The summed E-state index contributed by atoms with van der Waals surface area (Å²) in [7, 11) is 1.77. The molecule has 4 rings (SSSR count). The molecule has 0 unspecified atom stereocenters. The first-order valence-corrected chi connectivity index (χ1v) is 9.85. The highest BCUT2D eigenvalue weighted by Crippen LogP contribution is 2.29. The fraction of sp³-hybridized carbons (Fsp3) is 0.200. The summed E-state index contributed by atoms with van der Waals surface area (Å²) in [5.41, 5.74) is 1.38. The van der Waals surface area contributed by atoms with Crippen LogP contribution in [0, 0.1) is 0 Å². The van der Waals surface area contributed by atoms with Crippen LogP contribution in [-0.4, -0.2) is 29.8 Å². The van der Waals surface area contributed by atoms with E-state index in [1.807, 2.05) is 0 Å². The maximum atomic E-state index is 12.8. The quantitative estimate of drug-likeness (QED) is 0.419. The average molecular weight is 467 g/mol. The van der Waals surface area contributed by atoms with Gasteiger partial charge in [-0.15, -0.1) is 5.10 Å². The number of aryl methyl sites for hydroxylation is 1. The van der Waals surface area contributed by atoms with Gasteiger partial charge in [-0.25, -0.2) is 9.67 Å². The number of nitrogens with zero attached hydrogens (tertiary/aromatic N) is 6. The van der Waals surface area contributed by atoms with Crippen molar-refractivity contribution in [1.29, 1.82) is 0 Å². The lowest BCUT2D eigenvalue weighted by Crippen LogP contribution is -2.07. The monoisotopic (exact) mass is 466 g/mol. The van der Waals surface area contributed by atoms with E-state index < -0.39 is 11.7 Å². The second-order valence-electron chi connectivity index (χ2n) is 6.88. The zero-order chi connectivity index (χ0) is 22.2. The summed E-state index contributed by atoms with van der Waals surface area (Å²) < 4.78 is 41.7. The predicted molar refractivity (Wildman–Crippen MR) is 109 cm³/mol. The summed E-state index contributed by atoms with van der Waals surface area (Å²) >= 11 is 12.3. The molecular weight excluding hydrogens is 452 g/mol. The van der Waals surface area contributed by atoms with Crippen molar-refractivity contribution in [2.24, 2.45) is 7.05 Å². The molecule has 0 saturated carbocycles. The largest absolute Gasteiger partial charge is 0.416 e. The Balaban J connectivity index is 1.69. The molecule has 0 aliphatic rings. The molecule has 0 saturated heterocycles. The summed E-state index contributed by atoms with van der Waals surface area (Å²) in [4.78, 5) is 4.60. The molecule has 0 atom stereocenters. The molecule has 2 aromatic carbocycles. The van der Waals surface area contributed by atoms with Gasteiger partial charge in [0.05, 0.1) is 29.6 Å². The topological polar surface area (TPSA) is 61.4 Å². The van der Waals surface area contributed by atoms with Gasteiger partial charge < -0.3 is 0 Å². The van der Waals surface area contributed by atoms with E-state index in [1.54, 1.807) is 40.8 Å². The van der Waals surface area contributed by atoms with Crippen LogP contribution >= 0.6 is 23.2 Å². The molecule has 0 N–H and O–H groups in total. The Hall–Kier alpha value is -2.91.